The van der Waals surface area contributed by atoms with Gasteiger partial charge in [0.25, 0.3) is 5.91 Å². The summed E-state index contributed by atoms with van der Waals surface area (Å²) in [6.07, 6.45) is 4.01. The smallest absolute Gasteiger partial charge is 0.270 e. The Morgan fingerprint density at radius 2 is 2.29 bits per heavy atom. The van der Waals surface area contributed by atoms with Crippen molar-refractivity contribution in [1.82, 2.24) is 15.6 Å². The van der Waals surface area contributed by atoms with Crippen LogP contribution in [-0.2, 0) is 0 Å². The minimum Gasteiger partial charge on any atom is -0.348 e. The molecule has 1 saturated heterocycles. The minimum absolute atomic E-state index is 0.185. The molecule has 1 aliphatic heterocycles. The van der Waals surface area contributed by atoms with E-state index in [9.17, 15) is 9.18 Å². The van der Waals surface area contributed by atoms with E-state index in [1.165, 1.54) is 12.1 Å². The molecule has 4 nitrogen and oxygen atoms in total. The first kappa shape index (κ1) is 12.0. The fourth-order valence-corrected chi connectivity index (χ4v) is 1.93. The van der Waals surface area contributed by atoms with Crippen LogP contribution in [0.4, 0.5) is 4.39 Å². The second-order valence-electron chi connectivity index (χ2n) is 4.21. The molecule has 1 aliphatic rings. The van der Waals surface area contributed by atoms with Crippen molar-refractivity contribution in [3.05, 3.63) is 29.8 Å². The number of nitrogens with zero attached hydrogens (tertiary/aromatic N) is 1. The summed E-state index contributed by atoms with van der Waals surface area (Å²) in [6.45, 7) is 1.92. The van der Waals surface area contributed by atoms with Crippen molar-refractivity contribution in [3.63, 3.8) is 0 Å². The number of aromatic nitrogens is 1. The van der Waals surface area contributed by atoms with Gasteiger partial charge in [-0.25, -0.2) is 9.37 Å². The largest absolute Gasteiger partial charge is 0.348 e. The normalized spacial score (nSPS) is 20.6. The molecule has 0 aliphatic carbocycles. The van der Waals surface area contributed by atoms with Crippen molar-refractivity contribution in [2.75, 3.05) is 13.1 Å². The van der Waals surface area contributed by atoms with Crippen molar-refractivity contribution in [1.29, 1.82) is 0 Å². The van der Waals surface area contributed by atoms with E-state index in [2.05, 4.69) is 15.6 Å². The van der Waals surface area contributed by atoms with Gasteiger partial charge in [-0.2, -0.15) is 0 Å². The Balaban J connectivity index is 1.93. The van der Waals surface area contributed by atoms with Crippen molar-refractivity contribution < 1.29 is 9.18 Å². The SMILES string of the molecule is O=C(NC1CCCNCC1)c1ccc(F)cn1. The summed E-state index contributed by atoms with van der Waals surface area (Å²) in [7, 11) is 0. The van der Waals surface area contributed by atoms with Crippen LogP contribution in [0.15, 0.2) is 18.3 Å². The van der Waals surface area contributed by atoms with Crippen molar-refractivity contribution >= 4 is 5.91 Å². The number of hydrogen-bond donors (Lipinski definition) is 2. The Morgan fingerprint density at radius 3 is 3.06 bits per heavy atom. The quantitative estimate of drug-likeness (QED) is 0.809. The summed E-state index contributed by atoms with van der Waals surface area (Å²) in [5, 5.41) is 6.21. The van der Waals surface area contributed by atoms with E-state index in [0.717, 1.165) is 38.5 Å². The van der Waals surface area contributed by atoms with Gasteiger partial charge in [-0.15, -0.1) is 0 Å². The fourth-order valence-electron chi connectivity index (χ4n) is 1.93. The van der Waals surface area contributed by atoms with Crippen LogP contribution in [-0.4, -0.2) is 30.0 Å². The minimum atomic E-state index is -0.430. The van der Waals surface area contributed by atoms with Gasteiger partial charge < -0.3 is 10.6 Å². The maximum absolute atomic E-state index is 12.7. The number of rotatable bonds is 2. The Bertz CT molecular complexity index is 372. The topological polar surface area (TPSA) is 54.0 Å². The predicted octanol–water partition coefficient (Wildman–Crippen LogP) is 1.09. The highest BCUT2D eigenvalue weighted by Gasteiger charge is 2.16. The lowest BCUT2D eigenvalue weighted by molar-refractivity contribution is 0.0929. The number of carbonyl (C=O) groups excluding carboxylic acids is 1. The standard InChI is InChI=1S/C12H16FN3O/c13-9-3-4-11(15-8-9)12(17)16-10-2-1-6-14-7-5-10/h3-4,8,10,14H,1-2,5-7H2,(H,16,17). The summed E-state index contributed by atoms with van der Waals surface area (Å²) in [4.78, 5) is 15.6. The zero-order valence-electron chi connectivity index (χ0n) is 9.58. The average molecular weight is 237 g/mol. The molecule has 2 heterocycles. The molecule has 1 aromatic rings. The van der Waals surface area contributed by atoms with Gasteiger partial charge in [-0.1, -0.05) is 0 Å². The first-order valence-electron chi connectivity index (χ1n) is 5.89. The van der Waals surface area contributed by atoms with Crippen LogP contribution in [0.1, 0.15) is 29.8 Å². The first-order chi connectivity index (χ1) is 8.25. The predicted molar refractivity (Wildman–Crippen MR) is 62.2 cm³/mol. The lowest BCUT2D eigenvalue weighted by atomic mass is 10.1. The molecule has 1 amide bonds. The van der Waals surface area contributed by atoms with Crippen molar-refractivity contribution in [3.8, 4) is 0 Å². The third-order valence-corrected chi connectivity index (χ3v) is 2.87. The molecular weight excluding hydrogens is 221 g/mol. The van der Waals surface area contributed by atoms with Crippen LogP contribution in [0.3, 0.4) is 0 Å². The van der Waals surface area contributed by atoms with Crippen molar-refractivity contribution in [2.24, 2.45) is 0 Å². The van der Waals surface area contributed by atoms with E-state index in [4.69, 9.17) is 0 Å². The van der Waals surface area contributed by atoms with Gasteiger partial charge in [0, 0.05) is 6.04 Å². The van der Waals surface area contributed by atoms with E-state index in [-0.39, 0.29) is 17.6 Å². The number of pyridine rings is 1. The number of nitrogens with one attached hydrogen (secondary N) is 2. The molecule has 0 radical (unpaired) electrons. The van der Waals surface area contributed by atoms with Gasteiger partial charge in [0.1, 0.15) is 11.5 Å². The molecule has 0 bridgehead atoms. The average Bonchev–Trinajstić information content (AvgIpc) is 2.58. The summed E-state index contributed by atoms with van der Waals surface area (Å²) >= 11 is 0. The third kappa shape index (κ3) is 3.49. The second-order valence-corrected chi connectivity index (χ2v) is 4.21. The maximum Gasteiger partial charge on any atom is 0.270 e. The summed E-state index contributed by atoms with van der Waals surface area (Å²) < 4.78 is 12.7. The second kappa shape index (κ2) is 5.72. The zero-order valence-corrected chi connectivity index (χ0v) is 9.58. The van der Waals surface area contributed by atoms with E-state index in [1.54, 1.807) is 0 Å². The monoisotopic (exact) mass is 237 g/mol. The summed E-state index contributed by atoms with van der Waals surface area (Å²) in [5.41, 5.74) is 0.267. The molecule has 2 rings (SSSR count). The van der Waals surface area contributed by atoms with Gasteiger partial charge in [0.05, 0.1) is 6.20 Å². The molecule has 0 spiro atoms. The molecule has 1 unspecified atom stereocenters. The van der Waals surface area contributed by atoms with E-state index in [0.29, 0.717) is 0 Å². The fraction of sp³-hybridized carbons (Fsp3) is 0.500. The highest BCUT2D eigenvalue weighted by Crippen LogP contribution is 2.06. The Labute approximate surface area is 99.6 Å². The number of amides is 1. The van der Waals surface area contributed by atoms with E-state index >= 15 is 0 Å². The Kier molecular flexibility index (Phi) is 4.03. The number of halogens is 1. The highest BCUT2D eigenvalue weighted by atomic mass is 19.1. The summed E-state index contributed by atoms with van der Waals surface area (Å²) in [5.74, 6) is -0.655. The molecular formula is C12H16FN3O. The number of carbonyl (C=O) groups is 1. The molecule has 1 fully saturated rings. The van der Waals surface area contributed by atoms with Crippen LogP contribution in [0.5, 0.6) is 0 Å². The van der Waals surface area contributed by atoms with E-state index in [1.807, 2.05) is 0 Å². The Morgan fingerprint density at radius 1 is 1.41 bits per heavy atom. The molecule has 0 aromatic carbocycles. The van der Waals surface area contributed by atoms with Gasteiger partial charge in [0.2, 0.25) is 0 Å². The van der Waals surface area contributed by atoms with Gasteiger partial charge in [0.15, 0.2) is 0 Å². The Hall–Kier alpha value is -1.49. The van der Waals surface area contributed by atoms with Crippen LogP contribution in [0.2, 0.25) is 0 Å². The maximum atomic E-state index is 12.7. The molecule has 1 aromatic heterocycles. The van der Waals surface area contributed by atoms with Crippen LogP contribution in [0, 0.1) is 5.82 Å². The molecule has 0 saturated carbocycles. The molecule has 17 heavy (non-hydrogen) atoms. The first-order valence-corrected chi connectivity index (χ1v) is 5.89. The van der Waals surface area contributed by atoms with Crippen molar-refractivity contribution in [2.45, 2.75) is 25.3 Å². The lowest BCUT2D eigenvalue weighted by Gasteiger charge is -2.15. The third-order valence-electron chi connectivity index (χ3n) is 2.87. The van der Waals surface area contributed by atoms with E-state index < -0.39 is 5.82 Å². The van der Waals surface area contributed by atoms with Crippen LogP contribution >= 0.6 is 0 Å². The molecule has 2 N–H and O–H groups in total. The number of hydrogen-bond acceptors (Lipinski definition) is 3. The summed E-state index contributed by atoms with van der Waals surface area (Å²) in [6, 6.07) is 2.83. The van der Waals surface area contributed by atoms with Crippen LogP contribution < -0.4 is 10.6 Å². The highest BCUT2D eigenvalue weighted by molar-refractivity contribution is 5.92. The van der Waals surface area contributed by atoms with Gasteiger partial charge in [-0.3, -0.25) is 4.79 Å². The van der Waals surface area contributed by atoms with Crippen LogP contribution in [0.25, 0.3) is 0 Å². The van der Waals surface area contributed by atoms with Gasteiger partial charge in [-0.05, 0) is 44.5 Å². The molecule has 92 valence electrons. The molecule has 5 heteroatoms. The zero-order chi connectivity index (χ0) is 12.1. The lowest BCUT2D eigenvalue weighted by Crippen LogP contribution is -2.35. The van der Waals surface area contributed by atoms with Gasteiger partial charge >= 0.3 is 0 Å². The molecule has 1 atom stereocenters.